The Bertz CT molecular complexity index is 912. The third-order valence-corrected chi connectivity index (χ3v) is 6.80. The second kappa shape index (κ2) is 8.90. The highest BCUT2D eigenvalue weighted by molar-refractivity contribution is 7.13. The van der Waals surface area contributed by atoms with Crippen molar-refractivity contribution in [1.29, 1.82) is 0 Å². The van der Waals surface area contributed by atoms with Crippen molar-refractivity contribution in [3.63, 3.8) is 0 Å². The monoisotopic (exact) mass is 428 g/mol. The lowest BCUT2D eigenvalue weighted by atomic mass is 9.91. The standard InChI is InChI=1S/C24H32N2O3S/c1-15-14-30-22(16(15)2)18-8-6-17(7-9-18)12-25-23(29)20-10-19(27)13-26(20)21(28)11-24(3,4)5/h6-9,14,19-20,27H,10-13H2,1-5H3,(H,25,29)/t19-,20+/m1/s1. The number of rotatable bonds is 5. The van der Waals surface area contributed by atoms with Crippen LogP contribution in [0.2, 0.25) is 0 Å². The Morgan fingerprint density at radius 3 is 2.43 bits per heavy atom. The van der Waals surface area contributed by atoms with Gasteiger partial charge in [0, 0.05) is 30.8 Å². The van der Waals surface area contributed by atoms with Crippen LogP contribution in [0.5, 0.6) is 0 Å². The van der Waals surface area contributed by atoms with Crippen molar-refractivity contribution < 1.29 is 14.7 Å². The van der Waals surface area contributed by atoms with E-state index in [1.807, 2.05) is 32.9 Å². The van der Waals surface area contributed by atoms with E-state index in [0.717, 1.165) is 5.56 Å². The Morgan fingerprint density at radius 2 is 1.87 bits per heavy atom. The molecule has 2 amide bonds. The van der Waals surface area contributed by atoms with Gasteiger partial charge in [0.25, 0.3) is 0 Å². The number of β-amino-alcohol motifs (C(OH)–C–C–N with tert-alkyl or cyclic N) is 1. The Kier molecular flexibility index (Phi) is 6.68. The lowest BCUT2D eigenvalue weighted by Gasteiger charge is -2.27. The minimum absolute atomic E-state index is 0.0786. The molecule has 0 saturated carbocycles. The topological polar surface area (TPSA) is 69.6 Å². The maximum absolute atomic E-state index is 12.8. The second-order valence-electron chi connectivity index (χ2n) is 9.48. The third kappa shape index (κ3) is 5.29. The van der Waals surface area contributed by atoms with Gasteiger partial charge in [0.15, 0.2) is 0 Å². The van der Waals surface area contributed by atoms with E-state index in [4.69, 9.17) is 0 Å². The Balaban J connectivity index is 1.61. The minimum Gasteiger partial charge on any atom is -0.391 e. The van der Waals surface area contributed by atoms with Crippen LogP contribution in [0, 0.1) is 19.3 Å². The zero-order valence-electron chi connectivity index (χ0n) is 18.5. The summed E-state index contributed by atoms with van der Waals surface area (Å²) in [5, 5.41) is 15.2. The van der Waals surface area contributed by atoms with Crippen LogP contribution in [-0.4, -0.2) is 40.5 Å². The number of aliphatic hydroxyl groups is 1. The summed E-state index contributed by atoms with van der Waals surface area (Å²) in [5.74, 6) is -0.284. The molecule has 2 N–H and O–H groups in total. The zero-order valence-corrected chi connectivity index (χ0v) is 19.3. The van der Waals surface area contributed by atoms with Crippen molar-refractivity contribution in [2.75, 3.05) is 6.54 Å². The maximum Gasteiger partial charge on any atom is 0.243 e. The van der Waals surface area contributed by atoms with Crippen LogP contribution in [0.3, 0.4) is 0 Å². The fraction of sp³-hybridized carbons (Fsp3) is 0.500. The molecule has 1 aromatic carbocycles. The summed E-state index contributed by atoms with van der Waals surface area (Å²) in [6.45, 7) is 10.9. The van der Waals surface area contributed by atoms with E-state index in [0.29, 0.717) is 13.0 Å². The highest BCUT2D eigenvalue weighted by atomic mass is 32.1. The number of aryl methyl sites for hydroxylation is 1. The average molecular weight is 429 g/mol. The molecule has 1 saturated heterocycles. The Labute approximate surface area is 183 Å². The number of hydrogen-bond acceptors (Lipinski definition) is 4. The summed E-state index contributed by atoms with van der Waals surface area (Å²) in [6.07, 6.45) is -0.00835. The first-order chi connectivity index (χ1) is 14.0. The van der Waals surface area contributed by atoms with Gasteiger partial charge in [-0.25, -0.2) is 0 Å². The number of nitrogens with zero attached hydrogens (tertiary/aromatic N) is 1. The van der Waals surface area contributed by atoms with Crippen molar-refractivity contribution in [1.82, 2.24) is 10.2 Å². The van der Waals surface area contributed by atoms with Gasteiger partial charge in [0.05, 0.1) is 6.10 Å². The molecule has 0 radical (unpaired) electrons. The lowest BCUT2D eigenvalue weighted by molar-refractivity contribution is -0.140. The summed E-state index contributed by atoms with van der Waals surface area (Å²) in [5.41, 5.74) is 4.63. The molecule has 0 unspecified atom stereocenters. The number of aliphatic hydroxyl groups excluding tert-OH is 1. The number of carbonyl (C=O) groups excluding carboxylic acids is 2. The van der Waals surface area contributed by atoms with Crippen molar-refractivity contribution in [2.24, 2.45) is 5.41 Å². The normalized spacial score (nSPS) is 19.2. The number of hydrogen-bond donors (Lipinski definition) is 2. The predicted molar refractivity (Wildman–Crippen MR) is 121 cm³/mol. The van der Waals surface area contributed by atoms with Gasteiger partial charge in [-0.1, -0.05) is 45.0 Å². The molecule has 6 heteroatoms. The molecule has 0 aliphatic carbocycles. The smallest absolute Gasteiger partial charge is 0.243 e. The fourth-order valence-corrected chi connectivity index (χ4v) is 4.84. The van der Waals surface area contributed by atoms with Gasteiger partial charge >= 0.3 is 0 Å². The Hall–Kier alpha value is -2.18. The number of nitrogens with one attached hydrogen (secondary N) is 1. The first kappa shape index (κ1) is 22.5. The number of likely N-dealkylation sites (tertiary alicyclic amines) is 1. The first-order valence-corrected chi connectivity index (χ1v) is 11.3. The second-order valence-corrected chi connectivity index (χ2v) is 10.4. The van der Waals surface area contributed by atoms with Crippen LogP contribution in [0.25, 0.3) is 10.4 Å². The van der Waals surface area contributed by atoms with Gasteiger partial charge in [0.1, 0.15) is 6.04 Å². The average Bonchev–Trinajstić information content (AvgIpc) is 3.22. The van der Waals surface area contributed by atoms with Crippen molar-refractivity contribution in [2.45, 2.75) is 66.2 Å². The molecule has 0 bridgehead atoms. The van der Waals surface area contributed by atoms with Crippen LogP contribution >= 0.6 is 11.3 Å². The molecular formula is C24H32N2O3S. The molecule has 3 rings (SSSR count). The van der Waals surface area contributed by atoms with Crippen LogP contribution in [0.1, 0.15) is 50.3 Å². The molecule has 1 fully saturated rings. The first-order valence-electron chi connectivity index (χ1n) is 10.4. The summed E-state index contributed by atoms with van der Waals surface area (Å²) in [7, 11) is 0. The van der Waals surface area contributed by atoms with Gasteiger partial charge < -0.3 is 15.3 Å². The van der Waals surface area contributed by atoms with Gasteiger partial charge in [-0.2, -0.15) is 0 Å². The molecule has 1 aliphatic heterocycles. The summed E-state index contributed by atoms with van der Waals surface area (Å²) in [4.78, 5) is 28.2. The van der Waals surface area contributed by atoms with E-state index in [-0.39, 0.29) is 30.2 Å². The fourth-order valence-electron chi connectivity index (χ4n) is 3.76. The van der Waals surface area contributed by atoms with Crippen LogP contribution in [-0.2, 0) is 16.1 Å². The van der Waals surface area contributed by atoms with E-state index in [2.05, 4.69) is 36.7 Å². The molecule has 0 spiro atoms. The molecule has 162 valence electrons. The molecule has 2 heterocycles. The molecular weight excluding hydrogens is 396 g/mol. The minimum atomic E-state index is -0.651. The molecule has 2 atom stereocenters. The lowest BCUT2D eigenvalue weighted by Crippen LogP contribution is -2.46. The Morgan fingerprint density at radius 1 is 1.20 bits per heavy atom. The number of benzene rings is 1. The molecule has 2 aromatic rings. The zero-order chi connectivity index (χ0) is 22.1. The van der Waals surface area contributed by atoms with Gasteiger partial charge in [0.2, 0.25) is 11.8 Å². The molecule has 30 heavy (non-hydrogen) atoms. The molecule has 1 aromatic heterocycles. The largest absolute Gasteiger partial charge is 0.391 e. The van der Waals surface area contributed by atoms with Crippen LogP contribution < -0.4 is 5.32 Å². The van der Waals surface area contributed by atoms with Crippen LogP contribution in [0.4, 0.5) is 0 Å². The number of carbonyl (C=O) groups is 2. The quantitative estimate of drug-likeness (QED) is 0.755. The SMILES string of the molecule is Cc1csc(-c2ccc(CNC(=O)[C@@H]3C[C@@H](O)CN3C(=O)CC(C)(C)C)cc2)c1C. The predicted octanol–water partition coefficient (Wildman–Crippen LogP) is 4.05. The van der Waals surface area contributed by atoms with Gasteiger partial charge in [-0.05, 0) is 46.9 Å². The number of thiophene rings is 1. The summed E-state index contributed by atoms with van der Waals surface area (Å²) < 4.78 is 0. The van der Waals surface area contributed by atoms with Gasteiger partial charge in [-0.15, -0.1) is 11.3 Å². The van der Waals surface area contributed by atoms with Crippen molar-refractivity contribution >= 4 is 23.2 Å². The van der Waals surface area contributed by atoms with Crippen molar-refractivity contribution in [3.05, 3.63) is 46.3 Å². The number of amides is 2. The van der Waals surface area contributed by atoms with E-state index in [1.165, 1.54) is 26.5 Å². The highest BCUT2D eigenvalue weighted by Crippen LogP contribution is 2.32. The molecule has 1 aliphatic rings. The van der Waals surface area contributed by atoms with E-state index < -0.39 is 12.1 Å². The van der Waals surface area contributed by atoms with Crippen LogP contribution in [0.15, 0.2) is 29.6 Å². The van der Waals surface area contributed by atoms with E-state index >= 15 is 0 Å². The van der Waals surface area contributed by atoms with Crippen molar-refractivity contribution in [3.8, 4) is 10.4 Å². The van der Waals surface area contributed by atoms with E-state index in [1.54, 1.807) is 11.3 Å². The maximum atomic E-state index is 12.8. The summed E-state index contributed by atoms with van der Waals surface area (Å²) in [6, 6.07) is 7.61. The third-order valence-electron chi connectivity index (χ3n) is 5.55. The molecule has 5 nitrogen and oxygen atoms in total. The summed E-state index contributed by atoms with van der Waals surface area (Å²) >= 11 is 1.75. The van der Waals surface area contributed by atoms with E-state index in [9.17, 15) is 14.7 Å². The highest BCUT2D eigenvalue weighted by Gasteiger charge is 2.39. The van der Waals surface area contributed by atoms with Gasteiger partial charge in [-0.3, -0.25) is 9.59 Å².